The average molecular weight is 246 g/mol. The Morgan fingerprint density at radius 3 is 2.60 bits per heavy atom. The van der Waals surface area contributed by atoms with Crippen LogP contribution >= 0.6 is 23.1 Å². The summed E-state index contributed by atoms with van der Waals surface area (Å²) in [7, 11) is 0. The first-order chi connectivity index (χ1) is 7.36. The van der Waals surface area contributed by atoms with Crippen molar-refractivity contribution in [1.29, 1.82) is 0 Å². The third kappa shape index (κ3) is 5.56. The van der Waals surface area contributed by atoms with Crippen molar-refractivity contribution < 1.29 is 9.47 Å². The fraction of sp³-hybridized carbons (Fsp3) is 0.636. The zero-order valence-electron chi connectivity index (χ0n) is 9.27. The summed E-state index contributed by atoms with van der Waals surface area (Å²) in [5.41, 5.74) is 0. The van der Waals surface area contributed by atoms with Crippen LogP contribution in [0.25, 0.3) is 0 Å². The Kier molecular flexibility index (Phi) is 7.09. The van der Waals surface area contributed by atoms with Gasteiger partial charge in [0.25, 0.3) is 0 Å². The highest BCUT2D eigenvalue weighted by atomic mass is 32.2. The molecule has 0 aromatic carbocycles. The molecule has 0 atom stereocenters. The van der Waals surface area contributed by atoms with Crippen molar-refractivity contribution >= 4 is 23.1 Å². The van der Waals surface area contributed by atoms with E-state index in [-0.39, 0.29) is 6.29 Å². The van der Waals surface area contributed by atoms with Gasteiger partial charge < -0.3 is 9.47 Å². The van der Waals surface area contributed by atoms with Gasteiger partial charge in [-0.1, -0.05) is 6.07 Å². The molecule has 0 radical (unpaired) electrons. The maximum atomic E-state index is 5.47. The maximum Gasteiger partial charge on any atom is 0.158 e. The molecule has 0 bridgehead atoms. The van der Waals surface area contributed by atoms with Crippen molar-refractivity contribution in [2.75, 3.05) is 19.0 Å². The van der Waals surface area contributed by atoms with Crippen molar-refractivity contribution in [1.82, 2.24) is 0 Å². The van der Waals surface area contributed by atoms with E-state index < -0.39 is 0 Å². The Hall–Kier alpha value is -0.0300. The molecular formula is C11H18O2S2. The highest BCUT2D eigenvalue weighted by Gasteiger charge is 2.07. The predicted octanol–water partition coefficient (Wildman–Crippen LogP) is 3.63. The minimum absolute atomic E-state index is 0.0348. The van der Waals surface area contributed by atoms with Crippen molar-refractivity contribution in [3.8, 4) is 0 Å². The van der Waals surface area contributed by atoms with Crippen LogP contribution in [-0.2, 0) is 9.47 Å². The van der Waals surface area contributed by atoms with Crippen LogP contribution in [0.15, 0.2) is 21.7 Å². The topological polar surface area (TPSA) is 18.5 Å². The van der Waals surface area contributed by atoms with Gasteiger partial charge in [-0.2, -0.15) is 0 Å². The van der Waals surface area contributed by atoms with Crippen LogP contribution in [0.4, 0.5) is 0 Å². The van der Waals surface area contributed by atoms with E-state index in [0.717, 1.165) is 12.2 Å². The van der Waals surface area contributed by atoms with Gasteiger partial charge in [0.05, 0.1) is 4.21 Å². The third-order valence-corrected chi connectivity index (χ3v) is 3.96. The van der Waals surface area contributed by atoms with Gasteiger partial charge in [-0.05, 0) is 25.3 Å². The normalized spacial score (nSPS) is 11.1. The first-order valence-electron chi connectivity index (χ1n) is 5.26. The van der Waals surface area contributed by atoms with E-state index in [0.29, 0.717) is 13.2 Å². The van der Waals surface area contributed by atoms with E-state index in [1.807, 2.05) is 25.6 Å². The van der Waals surface area contributed by atoms with Crippen molar-refractivity contribution in [3.63, 3.8) is 0 Å². The molecule has 0 saturated heterocycles. The third-order valence-electron chi connectivity index (χ3n) is 1.80. The van der Waals surface area contributed by atoms with Gasteiger partial charge in [-0.25, -0.2) is 0 Å². The van der Waals surface area contributed by atoms with Gasteiger partial charge in [-0.3, -0.25) is 0 Å². The Morgan fingerprint density at radius 2 is 2.07 bits per heavy atom. The van der Waals surface area contributed by atoms with Crippen LogP contribution in [0.5, 0.6) is 0 Å². The fourth-order valence-corrected chi connectivity index (χ4v) is 3.01. The number of thioether (sulfide) groups is 1. The molecule has 0 amide bonds. The number of hydrogen-bond donors (Lipinski definition) is 0. The van der Waals surface area contributed by atoms with Gasteiger partial charge in [-0.15, -0.1) is 23.1 Å². The molecule has 0 N–H and O–H groups in total. The summed E-state index contributed by atoms with van der Waals surface area (Å²) < 4.78 is 12.3. The molecule has 0 aliphatic heterocycles. The summed E-state index contributed by atoms with van der Waals surface area (Å²) in [4.78, 5) is 0. The summed E-state index contributed by atoms with van der Waals surface area (Å²) in [5.74, 6) is 1.05. The Labute approximate surface area is 100.0 Å². The van der Waals surface area contributed by atoms with E-state index in [2.05, 4.69) is 17.5 Å². The predicted molar refractivity (Wildman–Crippen MR) is 66.7 cm³/mol. The van der Waals surface area contributed by atoms with E-state index in [9.17, 15) is 0 Å². The molecule has 2 nitrogen and oxygen atoms in total. The van der Waals surface area contributed by atoms with Gasteiger partial charge in [0.2, 0.25) is 0 Å². The fourth-order valence-electron chi connectivity index (χ4n) is 1.19. The molecule has 1 aromatic rings. The largest absolute Gasteiger partial charge is 0.353 e. The highest BCUT2D eigenvalue weighted by Crippen LogP contribution is 2.24. The summed E-state index contributed by atoms with van der Waals surface area (Å²) in [6.45, 7) is 5.43. The van der Waals surface area contributed by atoms with E-state index in [1.54, 1.807) is 11.3 Å². The maximum absolute atomic E-state index is 5.47. The zero-order valence-corrected chi connectivity index (χ0v) is 10.9. The molecule has 1 heterocycles. The number of rotatable bonds is 8. The first-order valence-corrected chi connectivity index (χ1v) is 7.12. The Balaban J connectivity index is 2.15. The minimum Gasteiger partial charge on any atom is -0.353 e. The molecule has 0 aliphatic carbocycles. The minimum atomic E-state index is -0.0348. The molecule has 86 valence electrons. The van der Waals surface area contributed by atoms with Gasteiger partial charge in [0.15, 0.2) is 6.29 Å². The molecule has 0 spiro atoms. The van der Waals surface area contributed by atoms with Crippen LogP contribution in [0.1, 0.15) is 20.3 Å². The summed E-state index contributed by atoms with van der Waals surface area (Å²) in [6.07, 6.45) is 0.914. The molecule has 15 heavy (non-hydrogen) atoms. The standard InChI is InChI=1S/C11H18O2S2/c1-3-12-10(13-4-2)7-9-15-11-6-5-8-14-11/h5-6,8,10H,3-4,7,9H2,1-2H3. The smallest absolute Gasteiger partial charge is 0.158 e. The average Bonchev–Trinajstić information content (AvgIpc) is 2.71. The van der Waals surface area contributed by atoms with E-state index in [4.69, 9.17) is 9.47 Å². The lowest BCUT2D eigenvalue weighted by atomic mass is 10.5. The monoisotopic (exact) mass is 246 g/mol. The van der Waals surface area contributed by atoms with Crippen molar-refractivity contribution in [3.05, 3.63) is 17.5 Å². The number of thiophene rings is 1. The van der Waals surface area contributed by atoms with Crippen LogP contribution in [0.3, 0.4) is 0 Å². The summed E-state index contributed by atoms with van der Waals surface area (Å²) in [5, 5.41) is 2.10. The molecule has 1 rings (SSSR count). The zero-order chi connectivity index (χ0) is 10.9. The van der Waals surface area contributed by atoms with Gasteiger partial charge in [0, 0.05) is 25.4 Å². The number of hydrogen-bond acceptors (Lipinski definition) is 4. The molecule has 0 unspecified atom stereocenters. The lowest BCUT2D eigenvalue weighted by Gasteiger charge is -2.16. The number of ether oxygens (including phenoxy) is 2. The van der Waals surface area contributed by atoms with Crippen LogP contribution in [0, 0.1) is 0 Å². The van der Waals surface area contributed by atoms with Crippen molar-refractivity contribution in [2.24, 2.45) is 0 Å². The van der Waals surface area contributed by atoms with E-state index >= 15 is 0 Å². The Bertz CT molecular complexity index is 231. The second kappa shape index (κ2) is 8.16. The van der Waals surface area contributed by atoms with Gasteiger partial charge in [0.1, 0.15) is 0 Å². The Morgan fingerprint density at radius 1 is 1.33 bits per heavy atom. The lowest BCUT2D eigenvalue weighted by Crippen LogP contribution is -2.17. The molecule has 0 aliphatic rings. The second-order valence-corrected chi connectivity index (χ2v) is 5.25. The SMILES string of the molecule is CCOC(CCSc1cccs1)OCC. The quantitative estimate of drug-likeness (QED) is 0.515. The lowest BCUT2D eigenvalue weighted by molar-refractivity contribution is -0.136. The van der Waals surface area contributed by atoms with Crippen LogP contribution in [-0.4, -0.2) is 25.3 Å². The molecule has 0 saturated carbocycles. The summed E-state index contributed by atoms with van der Waals surface area (Å²) >= 11 is 3.65. The van der Waals surface area contributed by atoms with Crippen LogP contribution in [0.2, 0.25) is 0 Å². The van der Waals surface area contributed by atoms with Crippen molar-refractivity contribution in [2.45, 2.75) is 30.8 Å². The highest BCUT2D eigenvalue weighted by molar-refractivity contribution is 8.01. The van der Waals surface area contributed by atoms with Crippen LogP contribution < -0.4 is 0 Å². The molecule has 4 heteroatoms. The molecule has 0 fully saturated rings. The molecular weight excluding hydrogens is 228 g/mol. The van der Waals surface area contributed by atoms with E-state index in [1.165, 1.54) is 4.21 Å². The second-order valence-electron chi connectivity index (χ2n) is 2.91. The molecule has 1 aromatic heterocycles. The first kappa shape index (κ1) is 13.0. The van der Waals surface area contributed by atoms with Gasteiger partial charge >= 0.3 is 0 Å². The summed E-state index contributed by atoms with van der Waals surface area (Å²) in [6, 6.07) is 4.22.